The van der Waals surface area contributed by atoms with Crippen LogP contribution in [-0.2, 0) is 0 Å². The van der Waals surface area contributed by atoms with Gasteiger partial charge in [-0.15, -0.1) is 0 Å². The van der Waals surface area contributed by atoms with Crippen molar-refractivity contribution < 1.29 is 18.0 Å². The summed E-state index contributed by atoms with van der Waals surface area (Å²) in [5.74, 6) is -5.38. The number of hydrogen-bond acceptors (Lipinski definition) is 1. The topological polar surface area (TPSA) is 29.1 Å². The Hall–Kier alpha value is -1.72. The van der Waals surface area contributed by atoms with Crippen LogP contribution in [0, 0.1) is 17.5 Å². The molecule has 0 atom stereocenters. The van der Waals surface area contributed by atoms with Gasteiger partial charge in [0.2, 0.25) is 0 Å². The maximum absolute atomic E-state index is 13.0. The van der Waals surface area contributed by atoms with Gasteiger partial charge in [0.25, 0.3) is 5.91 Å². The van der Waals surface area contributed by atoms with Crippen LogP contribution in [0.4, 0.5) is 18.9 Å². The number of carbonyl (C=O) groups excluding carboxylic acids is 1. The number of benzene rings is 2. The minimum Gasteiger partial charge on any atom is -0.321 e. The lowest BCUT2D eigenvalue weighted by atomic mass is 10.2. The average molecular weight is 320 g/mol. The number of nitrogens with one attached hydrogen (secondary N) is 1. The van der Waals surface area contributed by atoms with E-state index in [-0.39, 0.29) is 16.3 Å². The highest BCUT2D eigenvalue weighted by Crippen LogP contribution is 2.26. The molecule has 0 aliphatic heterocycles. The first kappa shape index (κ1) is 14.7. The molecular formula is C13H6Cl2F3NO. The van der Waals surface area contributed by atoms with E-state index in [1.165, 1.54) is 18.2 Å². The standard InChI is InChI=1S/C13H6Cl2F3NO/c14-7-1-2-8(15)11(5-7)19-13(20)6-3-9(16)12(18)10(17)4-6/h1-5H,(H,19,20). The molecule has 7 heteroatoms. The first-order chi connectivity index (χ1) is 9.38. The van der Waals surface area contributed by atoms with Crippen LogP contribution in [0.25, 0.3) is 0 Å². The normalized spacial score (nSPS) is 10.4. The van der Waals surface area contributed by atoms with Gasteiger partial charge in [-0.05, 0) is 30.3 Å². The Morgan fingerprint density at radius 2 is 1.60 bits per heavy atom. The van der Waals surface area contributed by atoms with Crippen LogP contribution in [0.3, 0.4) is 0 Å². The van der Waals surface area contributed by atoms with Crippen molar-refractivity contribution in [3.8, 4) is 0 Å². The van der Waals surface area contributed by atoms with E-state index in [1.807, 2.05) is 0 Å². The van der Waals surface area contributed by atoms with Gasteiger partial charge in [-0.25, -0.2) is 13.2 Å². The molecule has 0 aromatic heterocycles. The number of anilines is 1. The highest BCUT2D eigenvalue weighted by molar-refractivity contribution is 6.35. The van der Waals surface area contributed by atoms with E-state index < -0.39 is 23.4 Å². The molecule has 0 spiro atoms. The summed E-state index contributed by atoms with van der Waals surface area (Å²) in [5.41, 5.74) is -0.202. The average Bonchev–Trinajstić information content (AvgIpc) is 2.39. The Bertz CT molecular complexity index is 668. The van der Waals surface area contributed by atoms with Crippen molar-refractivity contribution >= 4 is 34.8 Å². The minimum absolute atomic E-state index is 0.175. The van der Waals surface area contributed by atoms with Crippen molar-refractivity contribution in [2.24, 2.45) is 0 Å². The molecule has 2 rings (SSSR count). The van der Waals surface area contributed by atoms with Gasteiger partial charge in [0.05, 0.1) is 10.7 Å². The molecule has 0 radical (unpaired) electrons. The second kappa shape index (κ2) is 5.73. The smallest absolute Gasteiger partial charge is 0.255 e. The molecule has 0 unspecified atom stereocenters. The number of halogens is 5. The van der Waals surface area contributed by atoms with E-state index >= 15 is 0 Å². The lowest BCUT2D eigenvalue weighted by Gasteiger charge is -2.08. The third-order valence-corrected chi connectivity index (χ3v) is 2.99. The van der Waals surface area contributed by atoms with E-state index in [1.54, 1.807) is 0 Å². The zero-order chi connectivity index (χ0) is 14.9. The number of hydrogen-bond donors (Lipinski definition) is 1. The third-order valence-electron chi connectivity index (χ3n) is 2.42. The van der Waals surface area contributed by atoms with Gasteiger partial charge in [0.15, 0.2) is 17.5 Å². The molecular weight excluding hydrogens is 314 g/mol. The molecule has 0 bridgehead atoms. The third kappa shape index (κ3) is 3.05. The lowest BCUT2D eigenvalue weighted by Crippen LogP contribution is -2.13. The summed E-state index contributed by atoms with van der Waals surface area (Å²) in [4.78, 5) is 11.8. The second-order valence-corrected chi connectivity index (χ2v) is 4.68. The molecule has 0 saturated heterocycles. The first-order valence-electron chi connectivity index (χ1n) is 5.29. The van der Waals surface area contributed by atoms with Gasteiger partial charge in [-0.3, -0.25) is 4.79 Å². The van der Waals surface area contributed by atoms with Gasteiger partial charge >= 0.3 is 0 Å². The van der Waals surface area contributed by atoms with Gasteiger partial charge in [-0.2, -0.15) is 0 Å². The Balaban J connectivity index is 2.31. The second-order valence-electron chi connectivity index (χ2n) is 3.83. The fourth-order valence-corrected chi connectivity index (χ4v) is 1.81. The number of carbonyl (C=O) groups is 1. The lowest BCUT2D eigenvalue weighted by molar-refractivity contribution is 0.102. The van der Waals surface area contributed by atoms with Crippen LogP contribution in [0.5, 0.6) is 0 Å². The molecule has 2 aromatic carbocycles. The Kier molecular flexibility index (Phi) is 4.20. The molecule has 0 aliphatic carbocycles. The summed E-state index contributed by atoms with van der Waals surface area (Å²) in [6.07, 6.45) is 0. The number of amides is 1. The maximum Gasteiger partial charge on any atom is 0.255 e. The molecule has 104 valence electrons. The van der Waals surface area contributed by atoms with Crippen molar-refractivity contribution in [3.05, 3.63) is 63.4 Å². The summed E-state index contributed by atoms with van der Waals surface area (Å²) in [6.45, 7) is 0. The van der Waals surface area contributed by atoms with E-state index in [2.05, 4.69) is 5.32 Å². The van der Waals surface area contributed by atoms with Crippen LogP contribution in [0.15, 0.2) is 30.3 Å². The summed E-state index contributed by atoms with van der Waals surface area (Å²) in [7, 11) is 0. The van der Waals surface area contributed by atoms with E-state index in [4.69, 9.17) is 23.2 Å². The van der Waals surface area contributed by atoms with Crippen LogP contribution < -0.4 is 5.32 Å². The van der Waals surface area contributed by atoms with Crippen molar-refractivity contribution in [2.75, 3.05) is 5.32 Å². The van der Waals surface area contributed by atoms with Gasteiger partial charge in [0.1, 0.15) is 0 Å². The summed E-state index contributed by atoms with van der Waals surface area (Å²) < 4.78 is 38.9. The van der Waals surface area contributed by atoms with Gasteiger partial charge < -0.3 is 5.32 Å². The molecule has 20 heavy (non-hydrogen) atoms. The number of rotatable bonds is 2. The van der Waals surface area contributed by atoms with Gasteiger partial charge in [-0.1, -0.05) is 23.2 Å². The van der Waals surface area contributed by atoms with Crippen molar-refractivity contribution in [1.82, 2.24) is 0 Å². The fourth-order valence-electron chi connectivity index (χ4n) is 1.47. The van der Waals surface area contributed by atoms with Gasteiger partial charge in [0, 0.05) is 10.6 Å². The minimum atomic E-state index is -1.64. The Labute approximate surface area is 122 Å². The molecule has 2 nitrogen and oxygen atoms in total. The SMILES string of the molecule is O=C(Nc1cc(Cl)ccc1Cl)c1cc(F)c(F)c(F)c1. The Morgan fingerprint density at radius 3 is 2.20 bits per heavy atom. The first-order valence-corrected chi connectivity index (χ1v) is 6.05. The maximum atomic E-state index is 13.0. The molecule has 2 aromatic rings. The highest BCUT2D eigenvalue weighted by Gasteiger charge is 2.16. The van der Waals surface area contributed by atoms with Crippen LogP contribution in [-0.4, -0.2) is 5.91 Å². The van der Waals surface area contributed by atoms with Crippen molar-refractivity contribution in [1.29, 1.82) is 0 Å². The van der Waals surface area contributed by atoms with E-state index in [0.717, 1.165) is 0 Å². The summed E-state index contributed by atoms with van der Waals surface area (Å²) >= 11 is 11.6. The monoisotopic (exact) mass is 319 g/mol. The predicted octanol–water partition coefficient (Wildman–Crippen LogP) is 4.66. The van der Waals surface area contributed by atoms with Crippen molar-refractivity contribution in [3.63, 3.8) is 0 Å². The highest BCUT2D eigenvalue weighted by atomic mass is 35.5. The molecule has 0 saturated carbocycles. The van der Waals surface area contributed by atoms with Crippen LogP contribution in [0.2, 0.25) is 10.0 Å². The molecule has 1 N–H and O–H groups in total. The fraction of sp³-hybridized carbons (Fsp3) is 0. The quantitative estimate of drug-likeness (QED) is 0.801. The van der Waals surface area contributed by atoms with E-state index in [0.29, 0.717) is 17.2 Å². The summed E-state index contributed by atoms with van der Waals surface area (Å²) in [5, 5.41) is 2.85. The van der Waals surface area contributed by atoms with Crippen LogP contribution in [0.1, 0.15) is 10.4 Å². The zero-order valence-electron chi connectivity index (χ0n) is 9.68. The Morgan fingerprint density at radius 1 is 1.00 bits per heavy atom. The predicted molar refractivity (Wildman–Crippen MR) is 70.7 cm³/mol. The largest absolute Gasteiger partial charge is 0.321 e. The van der Waals surface area contributed by atoms with E-state index in [9.17, 15) is 18.0 Å². The zero-order valence-corrected chi connectivity index (χ0v) is 11.2. The summed E-state index contributed by atoms with van der Waals surface area (Å²) in [6, 6.07) is 5.51. The molecule has 0 fully saturated rings. The molecule has 0 aliphatic rings. The van der Waals surface area contributed by atoms with Crippen molar-refractivity contribution in [2.45, 2.75) is 0 Å². The molecule has 1 amide bonds. The molecule has 0 heterocycles. The van der Waals surface area contributed by atoms with Crippen LogP contribution >= 0.6 is 23.2 Å².